The van der Waals surface area contributed by atoms with Gasteiger partial charge in [0.1, 0.15) is 5.82 Å². The molecule has 1 N–H and O–H groups in total. The first-order valence-corrected chi connectivity index (χ1v) is 10.7. The normalized spacial score (nSPS) is 14.2. The van der Waals surface area contributed by atoms with Crippen LogP contribution in [0.4, 0.5) is 4.79 Å². The van der Waals surface area contributed by atoms with E-state index in [4.69, 9.17) is 9.73 Å². The Morgan fingerprint density at radius 3 is 2.52 bits per heavy atom. The van der Waals surface area contributed by atoms with Crippen LogP contribution in [0, 0.1) is 0 Å². The summed E-state index contributed by atoms with van der Waals surface area (Å²) in [4.78, 5) is 25.2. The molecule has 0 atom stereocenters. The zero-order valence-electron chi connectivity index (χ0n) is 18.4. The number of benzene rings is 1. The summed E-state index contributed by atoms with van der Waals surface area (Å²) in [7, 11) is 0. The molecule has 2 aromatic rings. The van der Waals surface area contributed by atoms with Crippen LogP contribution < -0.4 is 5.32 Å². The highest BCUT2D eigenvalue weighted by atomic mass is 127. The Kier molecular flexibility index (Phi) is 10.6. The van der Waals surface area contributed by atoms with Crippen molar-refractivity contribution in [1.82, 2.24) is 24.7 Å². The summed E-state index contributed by atoms with van der Waals surface area (Å²) in [6, 6.07) is 10.4. The van der Waals surface area contributed by atoms with Gasteiger partial charge in [0.05, 0.1) is 6.61 Å². The maximum absolute atomic E-state index is 11.9. The van der Waals surface area contributed by atoms with E-state index in [1.54, 1.807) is 4.90 Å². The Hall–Kier alpha value is -2.30. The molecule has 8 nitrogen and oxygen atoms in total. The number of hydrogen-bond donors (Lipinski definition) is 1. The fraction of sp³-hybridized carbons (Fsp3) is 0.500. The number of carbonyl (C=O) groups excluding carboxylic acids is 1. The highest BCUT2D eigenvalue weighted by Gasteiger charge is 2.23. The van der Waals surface area contributed by atoms with Crippen molar-refractivity contribution in [3.05, 3.63) is 54.1 Å². The number of imidazole rings is 1. The molecule has 1 fully saturated rings. The van der Waals surface area contributed by atoms with Crippen LogP contribution in [-0.2, 0) is 17.7 Å². The molecule has 0 radical (unpaired) electrons. The second-order valence-electron chi connectivity index (χ2n) is 7.12. The second-order valence-corrected chi connectivity index (χ2v) is 7.12. The van der Waals surface area contributed by atoms with Gasteiger partial charge in [0.25, 0.3) is 0 Å². The summed E-state index contributed by atoms with van der Waals surface area (Å²) in [6.45, 7) is 9.35. The van der Waals surface area contributed by atoms with Crippen molar-refractivity contribution in [2.24, 2.45) is 4.99 Å². The average molecular weight is 540 g/mol. The van der Waals surface area contributed by atoms with Gasteiger partial charge >= 0.3 is 6.09 Å². The molecule has 3 rings (SSSR count). The van der Waals surface area contributed by atoms with Gasteiger partial charge in [-0.05, 0) is 19.4 Å². The lowest BCUT2D eigenvalue weighted by molar-refractivity contribution is 0.0914. The number of rotatable bonds is 7. The van der Waals surface area contributed by atoms with Crippen molar-refractivity contribution in [2.45, 2.75) is 26.8 Å². The Labute approximate surface area is 201 Å². The molecule has 1 aliphatic heterocycles. The number of ether oxygens (including phenoxy) is 1. The Bertz CT molecular complexity index is 818. The molecule has 1 saturated heterocycles. The van der Waals surface area contributed by atoms with Crippen molar-refractivity contribution in [2.75, 3.05) is 45.9 Å². The molecule has 0 unspecified atom stereocenters. The highest BCUT2D eigenvalue weighted by Crippen LogP contribution is 2.08. The average Bonchev–Trinajstić information content (AvgIpc) is 3.21. The molecule has 0 bridgehead atoms. The number of hydrogen-bond acceptors (Lipinski definition) is 4. The van der Waals surface area contributed by atoms with Crippen molar-refractivity contribution in [3.8, 4) is 0 Å². The van der Waals surface area contributed by atoms with E-state index in [1.807, 2.05) is 25.4 Å². The predicted molar refractivity (Wildman–Crippen MR) is 133 cm³/mol. The highest BCUT2D eigenvalue weighted by molar-refractivity contribution is 14.0. The van der Waals surface area contributed by atoms with Crippen LogP contribution in [0.5, 0.6) is 0 Å². The van der Waals surface area contributed by atoms with Crippen LogP contribution in [-0.4, -0.2) is 77.3 Å². The van der Waals surface area contributed by atoms with Gasteiger partial charge in [-0.2, -0.15) is 0 Å². The van der Waals surface area contributed by atoms with Crippen LogP contribution in [0.15, 0.2) is 47.7 Å². The fourth-order valence-electron chi connectivity index (χ4n) is 3.50. The maximum atomic E-state index is 11.9. The summed E-state index contributed by atoms with van der Waals surface area (Å²) in [5.41, 5.74) is 1.26. The Balaban J connectivity index is 0.00000341. The largest absolute Gasteiger partial charge is 0.450 e. The lowest BCUT2D eigenvalue weighted by Gasteiger charge is -2.35. The third-order valence-electron chi connectivity index (χ3n) is 5.03. The number of guanidine groups is 1. The minimum absolute atomic E-state index is 0. The standard InChI is InChI=1S/C22H32N6O2.HI/c1-3-23-21(26-14-16-27(17-15-26)22(29)30-4-2)25-11-10-20-24-12-13-28(20)18-19-8-6-5-7-9-19;/h5-9,12-13H,3-4,10-11,14-18H2,1-2H3,(H,23,25);1H. The van der Waals surface area contributed by atoms with Crippen LogP contribution in [0.1, 0.15) is 25.2 Å². The smallest absolute Gasteiger partial charge is 0.409 e. The summed E-state index contributed by atoms with van der Waals surface area (Å²) >= 11 is 0. The number of piperazine rings is 1. The van der Waals surface area contributed by atoms with E-state index < -0.39 is 0 Å². The van der Waals surface area contributed by atoms with Gasteiger partial charge in [-0.3, -0.25) is 4.99 Å². The summed E-state index contributed by atoms with van der Waals surface area (Å²) in [5.74, 6) is 1.92. The first-order valence-electron chi connectivity index (χ1n) is 10.7. The van der Waals surface area contributed by atoms with E-state index >= 15 is 0 Å². The molecule has 1 aliphatic rings. The van der Waals surface area contributed by atoms with Gasteiger partial charge in [0.15, 0.2) is 5.96 Å². The van der Waals surface area contributed by atoms with E-state index in [1.165, 1.54) is 5.56 Å². The second kappa shape index (κ2) is 13.2. The van der Waals surface area contributed by atoms with Gasteiger partial charge in [-0.15, -0.1) is 24.0 Å². The monoisotopic (exact) mass is 540 g/mol. The minimum atomic E-state index is -0.232. The van der Waals surface area contributed by atoms with E-state index in [0.717, 1.165) is 44.4 Å². The summed E-state index contributed by atoms with van der Waals surface area (Å²) < 4.78 is 7.27. The lowest BCUT2D eigenvalue weighted by Crippen LogP contribution is -2.54. The molecule has 170 valence electrons. The summed E-state index contributed by atoms with van der Waals surface area (Å²) in [6.07, 6.45) is 4.41. The molecule has 0 saturated carbocycles. The molecular weight excluding hydrogens is 507 g/mol. The van der Waals surface area contributed by atoms with E-state index in [0.29, 0.717) is 26.2 Å². The van der Waals surface area contributed by atoms with Gasteiger partial charge in [-0.1, -0.05) is 30.3 Å². The molecule has 0 spiro atoms. The van der Waals surface area contributed by atoms with Crippen LogP contribution >= 0.6 is 24.0 Å². The maximum Gasteiger partial charge on any atom is 0.409 e. The van der Waals surface area contributed by atoms with Crippen molar-refractivity contribution in [1.29, 1.82) is 0 Å². The van der Waals surface area contributed by atoms with E-state index in [-0.39, 0.29) is 30.1 Å². The fourth-order valence-corrected chi connectivity index (χ4v) is 3.50. The SMILES string of the molecule is CCNC(=NCCc1nccn1Cc1ccccc1)N1CCN(C(=O)OCC)CC1.I. The Morgan fingerprint density at radius 2 is 1.84 bits per heavy atom. The lowest BCUT2D eigenvalue weighted by atomic mass is 10.2. The molecule has 1 aromatic carbocycles. The number of aromatic nitrogens is 2. The molecule has 2 heterocycles. The van der Waals surface area contributed by atoms with E-state index in [2.05, 4.69) is 51.0 Å². The molecule has 1 aromatic heterocycles. The van der Waals surface area contributed by atoms with Gasteiger partial charge in [0.2, 0.25) is 0 Å². The number of nitrogens with one attached hydrogen (secondary N) is 1. The zero-order chi connectivity index (χ0) is 21.2. The quantitative estimate of drug-likeness (QED) is 0.332. The topological polar surface area (TPSA) is 75.0 Å². The van der Waals surface area contributed by atoms with Crippen LogP contribution in [0.25, 0.3) is 0 Å². The van der Waals surface area contributed by atoms with Crippen LogP contribution in [0.2, 0.25) is 0 Å². The number of aliphatic imine (C=N–C) groups is 1. The third-order valence-corrected chi connectivity index (χ3v) is 5.03. The first-order chi connectivity index (χ1) is 14.7. The molecule has 9 heteroatoms. The third kappa shape index (κ3) is 7.41. The van der Waals surface area contributed by atoms with Gasteiger partial charge in [-0.25, -0.2) is 9.78 Å². The number of carbonyl (C=O) groups is 1. The van der Waals surface area contributed by atoms with Gasteiger partial charge in [0, 0.05) is 64.6 Å². The minimum Gasteiger partial charge on any atom is -0.450 e. The molecule has 0 aliphatic carbocycles. The predicted octanol–water partition coefficient (Wildman–Crippen LogP) is 2.83. The molecule has 31 heavy (non-hydrogen) atoms. The van der Waals surface area contributed by atoms with E-state index in [9.17, 15) is 4.79 Å². The van der Waals surface area contributed by atoms with Gasteiger partial charge < -0.3 is 24.4 Å². The molecular formula is C22H33IN6O2. The summed E-state index contributed by atoms with van der Waals surface area (Å²) in [5, 5.41) is 3.37. The molecule has 1 amide bonds. The van der Waals surface area contributed by atoms with Crippen LogP contribution in [0.3, 0.4) is 0 Å². The Morgan fingerprint density at radius 1 is 1.13 bits per heavy atom. The first kappa shape index (κ1) is 25.0. The van der Waals surface area contributed by atoms with Crippen molar-refractivity contribution in [3.63, 3.8) is 0 Å². The zero-order valence-corrected chi connectivity index (χ0v) is 20.7. The number of nitrogens with zero attached hydrogens (tertiary/aromatic N) is 5. The van der Waals surface area contributed by atoms with Crippen molar-refractivity contribution >= 4 is 36.0 Å². The number of halogens is 1. The number of amides is 1. The van der Waals surface area contributed by atoms with Crippen molar-refractivity contribution < 1.29 is 9.53 Å².